The first-order valence-corrected chi connectivity index (χ1v) is 14.9. The van der Waals surface area contributed by atoms with Gasteiger partial charge < -0.3 is 24.2 Å². The molecular weight excluding hydrogens is 563 g/mol. The van der Waals surface area contributed by atoms with E-state index < -0.39 is 28.0 Å². The highest BCUT2D eigenvalue weighted by atomic mass is 32.2. The monoisotopic (exact) mass is 594 g/mol. The number of aliphatic hydroxyl groups is 1. The molecule has 1 amide bonds. The number of carbonyl (C=O) groups excluding carboxylic acids is 1. The fourth-order valence-corrected chi connectivity index (χ4v) is 6.65. The Labute approximate surface area is 244 Å². The maximum Gasteiger partial charge on any atom is 0.253 e. The van der Waals surface area contributed by atoms with E-state index in [-0.39, 0.29) is 54.5 Å². The van der Waals surface area contributed by atoms with Gasteiger partial charge in [-0.05, 0) is 55.5 Å². The summed E-state index contributed by atoms with van der Waals surface area (Å²) in [5, 5.41) is 9.88. The van der Waals surface area contributed by atoms with Crippen LogP contribution in [0.15, 0.2) is 65.6 Å². The highest BCUT2D eigenvalue weighted by Crippen LogP contribution is 2.35. The summed E-state index contributed by atoms with van der Waals surface area (Å²) in [6, 6.07) is 14.8. The van der Waals surface area contributed by atoms with Crippen molar-refractivity contribution in [3.63, 3.8) is 0 Å². The Bertz CT molecular complexity index is 1670. The molecule has 220 valence electrons. The van der Waals surface area contributed by atoms with E-state index in [1.165, 1.54) is 33.5 Å². The topological polar surface area (TPSA) is 106 Å². The lowest BCUT2D eigenvalue weighted by molar-refractivity contribution is 0.0563. The van der Waals surface area contributed by atoms with Gasteiger partial charge in [-0.2, -0.15) is 4.31 Å². The summed E-state index contributed by atoms with van der Waals surface area (Å²) < 4.78 is 59.9. The molecule has 3 aromatic carbocycles. The van der Waals surface area contributed by atoms with Gasteiger partial charge in [-0.15, -0.1) is 0 Å². The number of benzene rings is 3. The summed E-state index contributed by atoms with van der Waals surface area (Å²) in [6.07, 6.45) is -0.620. The van der Waals surface area contributed by atoms with Crippen molar-refractivity contribution in [3.05, 3.63) is 83.2 Å². The van der Waals surface area contributed by atoms with Gasteiger partial charge in [-0.1, -0.05) is 30.9 Å². The zero-order valence-electron chi connectivity index (χ0n) is 23.4. The second-order valence-corrected chi connectivity index (χ2v) is 12.2. The Kier molecular flexibility index (Phi) is 8.41. The lowest BCUT2D eigenvalue weighted by Gasteiger charge is -2.37. The fourth-order valence-electron chi connectivity index (χ4n) is 4.83. The van der Waals surface area contributed by atoms with Crippen LogP contribution in [0, 0.1) is 23.6 Å². The molecule has 42 heavy (non-hydrogen) atoms. The minimum atomic E-state index is -4.06. The third-order valence-corrected chi connectivity index (χ3v) is 9.32. The standard InChI is InChI=1S/C31H31FN2O7S/c1-20-16-34(21(2)18-35)42(37,38)30-13-9-22(8-10-23-6-4-5-7-25(23)32)14-28(30)41-29(20)17-33(3)31(36)24-11-12-26-27(15-24)40-19-39-26/h4-7,9,11-15,20-21,29,35H,16-19H2,1-3H3/t20-,21+,29+/m0/s1. The highest BCUT2D eigenvalue weighted by Gasteiger charge is 2.38. The molecule has 0 spiro atoms. The quantitative estimate of drug-likeness (QED) is 0.451. The number of ether oxygens (including phenoxy) is 3. The lowest BCUT2D eigenvalue weighted by Crippen LogP contribution is -2.50. The summed E-state index contributed by atoms with van der Waals surface area (Å²) >= 11 is 0. The van der Waals surface area contributed by atoms with E-state index in [0.29, 0.717) is 22.6 Å². The van der Waals surface area contributed by atoms with Crippen LogP contribution in [-0.4, -0.2) is 74.3 Å². The molecule has 0 radical (unpaired) electrons. The molecule has 3 atom stereocenters. The van der Waals surface area contributed by atoms with Gasteiger partial charge in [0.2, 0.25) is 16.8 Å². The average Bonchev–Trinajstić information content (AvgIpc) is 3.45. The molecule has 0 saturated carbocycles. The average molecular weight is 595 g/mol. The van der Waals surface area contributed by atoms with E-state index >= 15 is 0 Å². The normalized spacial score (nSPS) is 19.7. The van der Waals surface area contributed by atoms with E-state index in [9.17, 15) is 22.7 Å². The summed E-state index contributed by atoms with van der Waals surface area (Å²) in [5.41, 5.74) is 1.03. The molecule has 9 nitrogen and oxygen atoms in total. The molecular formula is C31H31FN2O7S. The SMILES string of the molecule is C[C@H](CO)N1C[C@H](C)[C@@H](CN(C)C(=O)c2ccc3c(c2)OCO3)Oc2cc(C#Cc3ccccc3F)ccc2S1(=O)=O. The minimum Gasteiger partial charge on any atom is -0.487 e. The fraction of sp³-hybridized carbons (Fsp3) is 0.323. The second-order valence-electron chi connectivity index (χ2n) is 10.4. The number of aliphatic hydroxyl groups excluding tert-OH is 1. The second kappa shape index (κ2) is 12.0. The summed E-state index contributed by atoms with van der Waals surface area (Å²) in [4.78, 5) is 14.8. The molecule has 3 aromatic rings. The molecule has 0 fully saturated rings. The predicted octanol–water partition coefficient (Wildman–Crippen LogP) is 3.50. The first-order valence-electron chi connectivity index (χ1n) is 13.4. The number of carbonyl (C=O) groups is 1. The summed E-state index contributed by atoms with van der Waals surface area (Å²) in [6.45, 7) is 3.39. The number of fused-ring (bicyclic) bond motifs is 2. The van der Waals surface area contributed by atoms with Crippen LogP contribution < -0.4 is 14.2 Å². The van der Waals surface area contributed by atoms with Gasteiger partial charge in [0.05, 0.1) is 18.7 Å². The van der Waals surface area contributed by atoms with Crippen LogP contribution in [-0.2, 0) is 10.0 Å². The number of sulfonamides is 1. The lowest BCUT2D eigenvalue weighted by atomic mass is 10.0. The van der Waals surface area contributed by atoms with Crippen LogP contribution in [0.25, 0.3) is 0 Å². The molecule has 0 aromatic heterocycles. The van der Waals surface area contributed by atoms with Gasteiger partial charge in [0.25, 0.3) is 5.91 Å². The number of rotatable bonds is 5. The maximum atomic E-state index is 14.1. The molecule has 1 N–H and O–H groups in total. The Morgan fingerprint density at radius 3 is 2.62 bits per heavy atom. The van der Waals surface area contributed by atoms with E-state index in [2.05, 4.69) is 11.8 Å². The van der Waals surface area contributed by atoms with E-state index in [4.69, 9.17) is 14.2 Å². The first kappa shape index (κ1) is 29.4. The largest absolute Gasteiger partial charge is 0.487 e. The molecule has 0 unspecified atom stereocenters. The number of halogens is 1. The summed E-state index contributed by atoms with van der Waals surface area (Å²) in [7, 11) is -2.42. The smallest absolute Gasteiger partial charge is 0.253 e. The molecule has 0 saturated heterocycles. The van der Waals surface area contributed by atoms with Gasteiger partial charge in [-0.25, -0.2) is 12.8 Å². The number of likely N-dealkylation sites (N-methyl/N-ethyl adjacent to an activating group) is 1. The number of amides is 1. The van der Waals surface area contributed by atoms with Crippen LogP contribution in [0.1, 0.15) is 35.3 Å². The van der Waals surface area contributed by atoms with Crippen LogP contribution in [0.4, 0.5) is 4.39 Å². The Hall–Kier alpha value is -4.11. The van der Waals surface area contributed by atoms with Gasteiger partial charge in [0.15, 0.2) is 11.5 Å². The zero-order valence-corrected chi connectivity index (χ0v) is 24.2. The third-order valence-electron chi connectivity index (χ3n) is 7.30. The molecule has 0 aliphatic carbocycles. The summed E-state index contributed by atoms with van der Waals surface area (Å²) in [5.74, 6) is 5.66. The van der Waals surface area contributed by atoms with Crippen LogP contribution in [0.3, 0.4) is 0 Å². The van der Waals surface area contributed by atoms with E-state index in [0.717, 1.165) is 0 Å². The van der Waals surface area contributed by atoms with Crippen molar-refractivity contribution in [2.75, 3.05) is 33.5 Å². The third kappa shape index (κ3) is 5.92. The van der Waals surface area contributed by atoms with E-state index in [1.54, 1.807) is 50.4 Å². The Morgan fingerprint density at radius 1 is 1.10 bits per heavy atom. The van der Waals surface area contributed by atoms with Crippen molar-refractivity contribution in [3.8, 4) is 29.1 Å². The molecule has 2 heterocycles. The first-order chi connectivity index (χ1) is 20.1. The Morgan fingerprint density at radius 2 is 1.86 bits per heavy atom. The number of hydrogen-bond acceptors (Lipinski definition) is 7. The van der Waals surface area contributed by atoms with Gasteiger partial charge >= 0.3 is 0 Å². The predicted molar refractivity (Wildman–Crippen MR) is 152 cm³/mol. The highest BCUT2D eigenvalue weighted by molar-refractivity contribution is 7.89. The van der Waals surface area contributed by atoms with Crippen LogP contribution >= 0.6 is 0 Å². The Balaban J connectivity index is 1.48. The molecule has 0 bridgehead atoms. The maximum absolute atomic E-state index is 14.1. The minimum absolute atomic E-state index is 0.0611. The molecule has 2 aliphatic rings. The van der Waals surface area contributed by atoms with Gasteiger partial charge in [0.1, 0.15) is 22.6 Å². The van der Waals surface area contributed by atoms with Gasteiger partial charge in [0, 0.05) is 36.7 Å². The van der Waals surface area contributed by atoms with Gasteiger partial charge in [-0.3, -0.25) is 4.79 Å². The zero-order chi connectivity index (χ0) is 30.0. The van der Waals surface area contributed by atoms with Crippen molar-refractivity contribution in [2.45, 2.75) is 30.9 Å². The van der Waals surface area contributed by atoms with Crippen molar-refractivity contribution in [1.82, 2.24) is 9.21 Å². The molecule has 2 aliphatic heterocycles. The van der Waals surface area contributed by atoms with Crippen molar-refractivity contribution >= 4 is 15.9 Å². The van der Waals surface area contributed by atoms with Crippen LogP contribution in [0.5, 0.6) is 17.2 Å². The van der Waals surface area contributed by atoms with Crippen molar-refractivity contribution in [1.29, 1.82) is 0 Å². The number of hydrogen-bond donors (Lipinski definition) is 1. The van der Waals surface area contributed by atoms with Crippen molar-refractivity contribution in [2.24, 2.45) is 5.92 Å². The van der Waals surface area contributed by atoms with Crippen LogP contribution in [0.2, 0.25) is 0 Å². The van der Waals surface area contributed by atoms with E-state index in [1.807, 2.05) is 6.92 Å². The molecule has 11 heteroatoms. The molecule has 5 rings (SSSR count). The number of nitrogens with zero attached hydrogens (tertiary/aromatic N) is 2. The van der Waals surface area contributed by atoms with Crippen molar-refractivity contribution < 1.29 is 36.9 Å².